The highest BCUT2D eigenvalue weighted by molar-refractivity contribution is 5.50. The maximum absolute atomic E-state index is 5.63. The molecule has 1 atom stereocenters. The topological polar surface area (TPSA) is 31.0 Å². The van der Waals surface area contributed by atoms with E-state index in [0.29, 0.717) is 6.79 Å². The first-order valence-electron chi connectivity index (χ1n) is 5.16. The molecule has 0 radical (unpaired) electrons. The van der Waals surface area contributed by atoms with Gasteiger partial charge in [0.2, 0.25) is 6.79 Å². The summed E-state index contributed by atoms with van der Waals surface area (Å²) in [7, 11) is 0. The van der Waals surface area contributed by atoms with Gasteiger partial charge >= 0.3 is 0 Å². The summed E-state index contributed by atoms with van der Waals surface area (Å²) in [6.07, 6.45) is 0.201. The van der Waals surface area contributed by atoms with Crippen LogP contribution in [0.4, 0.5) is 0 Å². The number of rotatable bonds is 1. The molecule has 1 unspecified atom stereocenters. The highest BCUT2D eigenvalue weighted by atomic mass is 16.7. The van der Waals surface area contributed by atoms with Crippen molar-refractivity contribution in [2.75, 3.05) is 6.79 Å². The fourth-order valence-corrected chi connectivity index (χ4v) is 2.05. The molecule has 1 aromatic rings. The Labute approximate surface area is 89.0 Å². The SMILES string of the molecule is Cc1cc2c(cc1C1OC1(C)C)OCO2. The van der Waals surface area contributed by atoms with Gasteiger partial charge < -0.3 is 14.2 Å². The summed E-state index contributed by atoms with van der Waals surface area (Å²) in [5, 5.41) is 0. The van der Waals surface area contributed by atoms with E-state index in [1.807, 2.05) is 12.1 Å². The minimum Gasteiger partial charge on any atom is -0.454 e. The Morgan fingerprint density at radius 2 is 1.80 bits per heavy atom. The molecule has 80 valence electrons. The van der Waals surface area contributed by atoms with Crippen LogP contribution < -0.4 is 9.47 Å². The lowest BCUT2D eigenvalue weighted by Crippen LogP contribution is -1.99. The molecule has 0 spiro atoms. The first-order chi connectivity index (χ1) is 7.08. The van der Waals surface area contributed by atoms with E-state index in [2.05, 4.69) is 20.8 Å². The summed E-state index contributed by atoms with van der Waals surface area (Å²) < 4.78 is 16.3. The second kappa shape index (κ2) is 2.67. The molecule has 3 nitrogen and oxygen atoms in total. The third-order valence-electron chi connectivity index (χ3n) is 3.04. The van der Waals surface area contributed by atoms with E-state index >= 15 is 0 Å². The standard InChI is InChI=1S/C12H14O3/c1-7-4-9-10(14-6-13-9)5-8(7)11-12(2,3)15-11/h4-5,11H,6H2,1-3H3. The Morgan fingerprint density at radius 1 is 1.20 bits per heavy atom. The summed E-state index contributed by atoms with van der Waals surface area (Å²) in [5.74, 6) is 1.68. The van der Waals surface area contributed by atoms with Crippen LogP contribution in [-0.4, -0.2) is 12.4 Å². The molecule has 2 aliphatic heterocycles. The maximum atomic E-state index is 5.63. The van der Waals surface area contributed by atoms with Crippen LogP contribution in [0.3, 0.4) is 0 Å². The van der Waals surface area contributed by atoms with Crippen LogP contribution in [0, 0.1) is 6.92 Å². The van der Waals surface area contributed by atoms with Crippen LogP contribution in [0.5, 0.6) is 11.5 Å². The molecular weight excluding hydrogens is 192 g/mol. The first-order valence-corrected chi connectivity index (χ1v) is 5.16. The predicted octanol–water partition coefficient (Wildman–Crippen LogP) is 2.57. The Balaban J connectivity index is 2.03. The second-order valence-electron chi connectivity index (χ2n) is 4.66. The number of hydrogen-bond donors (Lipinski definition) is 0. The van der Waals surface area contributed by atoms with Gasteiger partial charge in [0.1, 0.15) is 6.10 Å². The number of epoxide rings is 1. The number of hydrogen-bond acceptors (Lipinski definition) is 3. The lowest BCUT2D eigenvalue weighted by atomic mass is 9.98. The average Bonchev–Trinajstić information content (AvgIpc) is 2.60. The van der Waals surface area contributed by atoms with Crippen molar-refractivity contribution in [1.29, 1.82) is 0 Å². The molecule has 0 saturated carbocycles. The molecule has 0 N–H and O–H groups in total. The molecule has 15 heavy (non-hydrogen) atoms. The van der Waals surface area contributed by atoms with Gasteiger partial charge in [-0.25, -0.2) is 0 Å². The van der Waals surface area contributed by atoms with Crippen LogP contribution in [-0.2, 0) is 4.74 Å². The van der Waals surface area contributed by atoms with Crippen LogP contribution in [0.1, 0.15) is 31.1 Å². The number of ether oxygens (including phenoxy) is 3. The van der Waals surface area contributed by atoms with Gasteiger partial charge in [-0.1, -0.05) is 0 Å². The first kappa shape index (κ1) is 9.04. The van der Waals surface area contributed by atoms with Gasteiger partial charge in [0, 0.05) is 0 Å². The van der Waals surface area contributed by atoms with E-state index < -0.39 is 0 Å². The van der Waals surface area contributed by atoms with Gasteiger partial charge in [0.15, 0.2) is 11.5 Å². The van der Waals surface area contributed by atoms with Crippen molar-refractivity contribution < 1.29 is 14.2 Å². The zero-order chi connectivity index (χ0) is 10.6. The Hall–Kier alpha value is -1.22. The quantitative estimate of drug-likeness (QED) is 0.662. The molecule has 1 saturated heterocycles. The van der Waals surface area contributed by atoms with Crippen molar-refractivity contribution in [1.82, 2.24) is 0 Å². The van der Waals surface area contributed by atoms with E-state index in [-0.39, 0.29) is 11.7 Å². The number of benzene rings is 1. The smallest absolute Gasteiger partial charge is 0.231 e. The van der Waals surface area contributed by atoms with E-state index in [4.69, 9.17) is 14.2 Å². The molecule has 1 aromatic carbocycles. The summed E-state index contributed by atoms with van der Waals surface area (Å²) in [6, 6.07) is 4.06. The summed E-state index contributed by atoms with van der Waals surface area (Å²) in [6.45, 7) is 6.60. The monoisotopic (exact) mass is 206 g/mol. The van der Waals surface area contributed by atoms with Crippen molar-refractivity contribution in [3.8, 4) is 11.5 Å². The van der Waals surface area contributed by atoms with Crippen molar-refractivity contribution in [2.45, 2.75) is 32.5 Å². The van der Waals surface area contributed by atoms with Gasteiger partial charge in [-0.2, -0.15) is 0 Å². The van der Waals surface area contributed by atoms with Gasteiger partial charge in [-0.15, -0.1) is 0 Å². The van der Waals surface area contributed by atoms with E-state index in [9.17, 15) is 0 Å². The van der Waals surface area contributed by atoms with E-state index in [0.717, 1.165) is 11.5 Å². The zero-order valence-corrected chi connectivity index (χ0v) is 9.16. The largest absolute Gasteiger partial charge is 0.454 e. The Morgan fingerprint density at radius 3 is 2.40 bits per heavy atom. The normalized spacial score (nSPS) is 25.4. The lowest BCUT2D eigenvalue weighted by molar-refractivity contribution is 0.174. The Kier molecular flexibility index (Phi) is 1.61. The van der Waals surface area contributed by atoms with Crippen molar-refractivity contribution in [2.24, 2.45) is 0 Å². The van der Waals surface area contributed by atoms with Gasteiger partial charge in [0.25, 0.3) is 0 Å². The molecule has 0 aliphatic carbocycles. The van der Waals surface area contributed by atoms with Crippen LogP contribution in [0.25, 0.3) is 0 Å². The van der Waals surface area contributed by atoms with Gasteiger partial charge in [0.05, 0.1) is 5.60 Å². The van der Waals surface area contributed by atoms with Crippen molar-refractivity contribution in [3.63, 3.8) is 0 Å². The number of aryl methyl sites for hydroxylation is 1. The molecule has 0 amide bonds. The van der Waals surface area contributed by atoms with Crippen molar-refractivity contribution in [3.05, 3.63) is 23.3 Å². The molecule has 1 fully saturated rings. The summed E-state index contributed by atoms with van der Waals surface area (Å²) >= 11 is 0. The highest BCUT2D eigenvalue weighted by Gasteiger charge is 2.49. The number of fused-ring (bicyclic) bond motifs is 1. The molecule has 0 bridgehead atoms. The maximum Gasteiger partial charge on any atom is 0.231 e. The molecule has 0 aromatic heterocycles. The third-order valence-corrected chi connectivity index (χ3v) is 3.04. The van der Waals surface area contributed by atoms with E-state index in [1.165, 1.54) is 11.1 Å². The van der Waals surface area contributed by atoms with Crippen LogP contribution in [0.2, 0.25) is 0 Å². The van der Waals surface area contributed by atoms with E-state index in [1.54, 1.807) is 0 Å². The highest BCUT2D eigenvalue weighted by Crippen LogP contribution is 2.51. The summed E-state index contributed by atoms with van der Waals surface area (Å²) in [4.78, 5) is 0. The lowest BCUT2D eigenvalue weighted by Gasteiger charge is -2.05. The van der Waals surface area contributed by atoms with Crippen LogP contribution >= 0.6 is 0 Å². The van der Waals surface area contributed by atoms with Gasteiger partial charge in [-0.05, 0) is 44.0 Å². The third kappa shape index (κ3) is 1.30. The summed E-state index contributed by atoms with van der Waals surface area (Å²) in [5.41, 5.74) is 2.39. The molecule has 2 heterocycles. The molecule has 3 heteroatoms. The van der Waals surface area contributed by atoms with Crippen molar-refractivity contribution >= 4 is 0 Å². The average molecular weight is 206 g/mol. The van der Waals surface area contributed by atoms with Crippen LogP contribution in [0.15, 0.2) is 12.1 Å². The molecular formula is C12H14O3. The minimum atomic E-state index is -0.0293. The molecule has 2 aliphatic rings. The predicted molar refractivity (Wildman–Crippen MR) is 55.2 cm³/mol. The molecule has 3 rings (SSSR count). The minimum absolute atomic E-state index is 0.0293. The fourth-order valence-electron chi connectivity index (χ4n) is 2.05. The zero-order valence-electron chi connectivity index (χ0n) is 9.16. The van der Waals surface area contributed by atoms with Gasteiger partial charge in [-0.3, -0.25) is 0 Å². The Bertz CT molecular complexity index is 423. The fraction of sp³-hybridized carbons (Fsp3) is 0.500. The second-order valence-corrected chi connectivity index (χ2v) is 4.66.